The Hall–Kier alpha value is -0.580. The van der Waals surface area contributed by atoms with Crippen molar-refractivity contribution in [2.24, 2.45) is 5.92 Å². The van der Waals surface area contributed by atoms with Gasteiger partial charge in [-0.1, -0.05) is 18.6 Å². The molecule has 2 rings (SSSR count). The number of phenolic OH excluding ortho intramolecular Hbond substituents is 1. The molecule has 1 aromatic rings. The molecule has 0 aromatic heterocycles. The van der Waals surface area contributed by atoms with Crippen molar-refractivity contribution in [3.63, 3.8) is 0 Å². The van der Waals surface area contributed by atoms with Crippen LogP contribution >= 0.6 is 15.9 Å². The summed E-state index contributed by atoms with van der Waals surface area (Å²) in [6.45, 7) is 1.58. The number of hydrogen-bond donors (Lipinski definition) is 2. The summed E-state index contributed by atoms with van der Waals surface area (Å²) in [6.07, 6.45) is 3.02. The summed E-state index contributed by atoms with van der Waals surface area (Å²) in [4.78, 5) is 2.17. The number of hydrogen-bond acceptors (Lipinski definition) is 3. The molecule has 0 spiro atoms. The van der Waals surface area contributed by atoms with Crippen LogP contribution in [-0.2, 0) is 6.54 Å². The normalized spacial score (nSPS) is 23.8. The second-order valence-corrected chi connectivity index (χ2v) is 6.06. The van der Waals surface area contributed by atoms with E-state index in [1.54, 1.807) is 0 Å². The molecule has 1 saturated carbocycles. The summed E-state index contributed by atoms with van der Waals surface area (Å²) in [5, 5.41) is 19.8. The number of benzene rings is 1. The van der Waals surface area contributed by atoms with E-state index in [0.717, 1.165) is 35.8 Å². The van der Waals surface area contributed by atoms with Crippen molar-refractivity contribution in [1.29, 1.82) is 0 Å². The van der Waals surface area contributed by atoms with E-state index in [4.69, 9.17) is 0 Å². The third-order valence-electron chi connectivity index (χ3n) is 3.68. The maximum Gasteiger partial charge on any atom is 0.134 e. The van der Waals surface area contributed by atoms with Gasteiger partial charge in [-0.2, -0.15) is 0 Å². The number of para-hydroxylation sites is 1. The number of halogens is 1. The van der Waals surface area contributed by atoms with Crippen LogP contribution in [0.2, 0.25) is 0 Å². The average Bonchev–Trinajstić information content (AvgIpc) is 2.71. The topological polar surface area (TPSA) is 43.7 Å². The van der Waals surface area contributed by atoms with E-state index < -0.39 is 0 Å². The van der Waals surface area contributed by atoms with Crippen molar-refractivity contribution in [2.45, 2.75) is 31.9 Å². The van der Waals surface area contributed by atoms with Crippen LogP contribution < -0.4 is 0 Å². The fourth-order valence-corrected chi connectivity index (χ4v) is 3.08. The molecule has 0 amide bonds. The molecule has 100 valence electrons. The highest BCUT2D eigenvalue weighted by atomic mass is 79.9. The number of aliphatic hydroxyl groups excluding tert-OH is 1. The number of aliphatic hydroxyl groups is 1. The molecule has 0 heterocycles. The third-order valence-corrected chi connectivity index (χ3v) is 4.32. The third kappa shape index (κ3) is 3.25. The van der Waals surface area contributed by atoms with Gasteiger partial charge in [-0.05, 0) is 47.8 Å². The van der Waals surface area contributed by atoms with E-state index in [1.165, 1.54) is 0 Å². The van der Waals surface area contributed by atoms with Crippen LogP contribution in [0.5, 0.6) is 5.75 Å². The van der Waals surface area contributed by atoms with Crippen LogP contribution in [0, 0.1) is 5.92 Å². The predicted molar refractivity (Wildman–Crippen MR) is 75.5 cm³/mol. The number of rotatable bonds is 4. The largest absolute Gasteiger partial charge is 0.506 e. The van der Waals surface area contributed by atoms with E-state index >= 15 is 0 Å². The molecule has 4 heteroatoms. The molecule has 1 aromatic carbocycles. The van der Waals surface area contributed by atoms with E-state index in [1.807, 2.05) is 25.2 Å². The van der Waals surface area contributed by atoms with Gasteiger partial charge in [0.2, 0.25) is 0 Å². The van der Waals surface area contributed by atoms with Crippen molar-refractivity contribution < 1.29 is 10.2 Å². The minimum absolute atomic E-state index is 0.149. The zero-order valence-electron chi connectivity index (χ0n) is 10.6. The first-order valence-corrected chi connectivity index (χ1v) is 7.20. The zero-order valence-corrected chi connectivity index (χ0v) is 12.2. The highest BCUT2D eigenvalue weighted by Gasteiger charge is 2.26. The molecule has 18 heavy (non-hydrogen) atoms. The summed E-state index contributed by atoms with van der Waals surface area (Å²) >= 11 is 3.33. The molecule has 3 nitrogen and oxygen atoms in total. The van der Waals surface area contributed by atoms with E-state index in [9.17, 15) is 10.2 Å². The summed E-state index contributed by atoms with van der Waals surface area (Å²) in [7, 11) is 2.03. The SMILES string of the molecule is CN(Cc1cccc(Br)c1O)CC1CCCC1O. The Morgan fingerprint density at radius 2 is 2.17 bits per heavy atom. The highest BCUT2D eigenvalue weighted by molar-refractivity contribution is 9.10. The average molecular weight is 314 g/mol. The van der Waals surface area contributed by atoms with Gasteiger partial charge in [0.15, 0.2) is 0 Å². The molecule has 2 unspecified atom stereocenters. The van der Waals surface area contributed by atoms with E-state index in [0.29, 0.717) is 18.2 Å². The fraction of sp³-hybridized carbons (Fsp3) is 0.571. The second kappa shape index (κ2) is 6.04. The van der Waals surface area contributed by atoms with Crippen LogP contribution in [0.1, 0.15) is 24.8 Å². The molecular weight excluding hydrogens is 294 g/mol. The van der Waals surface area contributed by atoms with Crippen LogP contribution in [0.25, 0.3) is 0 Å². The van der Waals surface area contributed by atoms with E-state index in [2.05, 4.69) is 20.8 Å². The van der Waals surface area contributed by atoms with Gasteiger partial charge in [0.1, 0.15) is 5.75 Å². The van der Waals surface area contributed by atoms with Gasteiger partial charge >= 0.3 is 0 Å². The Kier molecular flexibility index (Phi) is 4.65. The molecule has 0 aliphatic heterocycles. The van der Waals surface area contributed by atoms with Crippen LogP contribution in [0.3, 0.4) is 0 Å². The summed E-state index contributed by atoms with van der Waals surface area (Å²) in [5.41, 5.74) is 0.916. The van der Waals surface area contributed by atoms with Crippen LogP contribution in [0.15, 0.2) is 22.7 Å². The highest BCUT2D eigenvalue weighted by Crippen LogP contribution is 2.30. The Balaban J connectivity index is 1.94. The fourth-order valence-electron chi connectivity index (χ4n) is 2.67. The smallest absolute Gasteiger partial charge is 0.134 e. The Morgan fingerprint density at radius 1 is 1.39 bits per heavy atom. The van der Waals surface area contributed by atoms with Gasteiger partial charge in [-0.25, -0.2) is 0 Å². The lowest BCUT2D eigenvalue weighted by atomic mass is 10.1. The van der Waals surface area contributed by atoms with Crippen molar-refractivity contribution in [2.75, 3.05) is 13.6 Å². The molecule has 2 atom stereocenters. The summed E-state index contributed by atoms with van der Waals surface area (Å²) in [5.74, 6) is 0.695. The molecular formula is C14H20BrNO2. The number of phenols is 1. The quantitative estimate of drug-likeness (QED) is 0.898. The maximum atomic E-state index is 9.94. The lowest BCUT2D eigenvalue weighted by Crippen LogP contribution is -2.29. The van der Waals surface area contributed by atoms with Gasteiger partial charge in [0.05, 0.1) is 10.6 Å². The predicted octanol–water partition coefficient (Wildman–Crippen LogP) is 2.75. The Morgan fingerprint density at radius 3 is 2.83 bits per heavy atom. The van der Waals surface area contributed by atoms with E-state index in [-0.39, 0.29) is 6.10 Å². The molecule has 0 radical (unpaired) electrons. The minimum atomic E-state index is -0.149. The molecule has 0 saturated heterocycles. The van der Waals surface area contributed by atoms with Gasteiger partial charge in [-0.3, -0.25) is 0 Å². The molecule has 0 bridgehead atoms. The van der Waals surface area contributed by atoms with Crippen LogP contribution in [0.4, 0.5) is 0 Å². The van der Waals surface area contributed by atoms with Crippen LogP contribution in [-0.4, -0.2) is 34.8 Å². The monoisotopic (exact) mass is 313 g/mol. The van der Waals surface area contributed by atoms with Crippen molar-refractivity contribution in [3.8, 4) is 5.75 Å². The first kappa shape index (κ1) is 13.8. The molecule has 2 N–H and O–H groups in total. The summed E-state index contributed by atoms with van der Waals surface area (Å²) < 4.78 is 0.731. The minimum Gasteiger partial charge on any atom is -0.506 e. The second-order valence-electron chi connectivity index (χ2n) is 5.20. The molecule has 1 aliphatic carbocycles. The summed E-state index contributed by atoms with van der Waals surface area (Å²) in [6, 6.07) is 5.69. The van der Waals surface area contributed by atoms with Crippen molar-refractivity contribution in [3.05, 3.63) is 28.2 Å². The van der Waals surface area contributed by atoms with Gasteiger partial charge in [-0.15, -0.1) is 0 Å². The van der Waals surface area contributed by atoms with Crippen molar-refractivity contribution in [1.82, 2.24) is 4.90 Å². The Labute approximate surface area is 117 Å². The molecule has 1 aliphatic rings. The number of nitrogens with zero attached hydrogens (tertiary/aromatic N) is 1. The first-order valence-electron chi connectivity index (χ1n) is 6.41. The lowest BCUT2D eigenvalue weighted by molar-refractivity contribution is 0.107. The zero-order chi connectivity index (χ0) is 13.1. The first-order chi connectivity index (χ1) is 8.58. The maximum absolute atomic E-state index is 9.94. The Bertz CT molecular complexity index is 411. The van der Waals surface area contributed by atoms with Gasteiger partial charge in [0, 0.05) is 18.7 Å². The lowest BCUT2D eigenvalue weighted by Gasteiger charge is -2.23. The molecule has 1 fully saturated rings. The van der Waals surface area contributed by atoms with Crippen molar-refractivity contribution >= 4 is 15.9 Å². The van der Waals surface area contributed by atoms with Gasteiger partial charge < -0.3 is 15.1 Å². The number of aromatic hydroxyl groups is 1. The van der Waals surface area contributed by atoms with Gasteiger partial charge in [0.25, 0.3) is 0 Å². The standard InChI is InChI=1S/C14H20BrNO2/c1-16(8-10-4-3-7-13(10)17)9-11-5-2-6-12(15)14(11)18/h2,5-6,10,13,17-18H,3-4,7-9H2,1H3.